The van der Waals surface area contributed by atoms with E-state index in [0.717, 1.165) is 42.9 Å². The molecule has 1 aliphatic heterocycles. The van der Waals surface area contributed by atoms with Gasteiger partial charge in [-0.2, -0.15) is 0 Å². The molecule has 0 saturated carbocycles. The lowest BCUT2D eigenvalue weighted by Crippen LogP contribution is -2.51. The zero-order chi connectivity index (χ0) is 17.2. The smallest absolute Gasteiger partial charge is 0.230 e. The zero-order valence-electron chi connectivity index (χ0n) is 14.7. The topological polar surface area (TPSA) is 49.6 Å². The highest BCUT2D eigenvalue weighted by molar-refractivity contribution is 5.83. The van der Waals surface area contributed by atoms with Gasteiger partial charge in [-0.05, 0) is 26.4 Å². The van der Waals surface area contributed by atoms with Crippen LogP contribution in [-0.2, 0) is 11.2 Å². The zero-order valence-corrected chi connectivity index (χ0v) is 14.7. The van der Waals surface area contributed by atoms with E-state index in [1.54, 1.807) is 4.90 Å². The summed E-state index contributed by atoms with van der Waals surface area (Å²) in [5.74, 6) is 0.950. The summed E-state index contributed by atoms with van der Waals surface area (Å²) >= 11 is 0. The van der Waals surface area contributed by atoms with Gasteiger partial charge in [0.2, 0.25) is 5.91 Å². The molecule has 5 nitrogen and oxygen atoms in total. The van der Waals surface area contributed by atoms with Gasteiger partial charge in [0.25, 0.3) is 0 Å². The Morgan fingerprint density at radius 1 is 1.33 bits per heavy atom. The van der Waals surface area contributed by atoms with E-state index >= 15 is 0 Å². The van der Waals surface area contributed by atoms with Gasteiger partial charge >= 0.3 is 0 Å². The standard InChI is InChI=1S/C19H25N3O2/c1-21(2)18(23)19(10-7-11-22(3)14-19)13-16-12-17(20-24-16)15-8-5-4-6-9-15/h4-6,8-9,12H,7,10-11,13-14H2,1-3H3/t19-/m0/s1. The van der Waals surface area contributed by atoms with Crippen molar-refractivity contribution >= 4 is 5.91 Å². The number of carbonyl (C=O) groups excluding carboxylic acids is 1. The minimum Gasteiger partial charge on any atom is -0.361 e. The lowest BCUT2D eigenvalue weighted by Gasteiger charge is -2.41. The van der Waals surface area contributed by atoms with Crippen LogP contribution in [0.4, 0.5) is 0 Å². The summed E-state index contributed by atoms with van der Waals surface area (Å²) in [4.78, 5) is 16.8. The molecule has 1 saturated heterocycles. The highest BCUT2D eigenvalue weighted by Gasteiger charge is 2.43. The molecular weight excluding hydrogens is 302 g/mol. The van der Waals surface area contributed by atoms with E-state index in [0.29, 0.717) is 6.42 Å². The van der Waals surface area contributed by atoms with Gasteiger partial charge in [-0.25, -0.2) is 0 Å². The fourth-order valence-electron chi connectivity index (χ4n) is 3.71. The molecule has 0 unspecified atom stereocenters. The van der Waals surface area contributed by atoms with E-state index in [2.05, 4.69) is 17.1 Å². The van der Waals surface area contributed by atoms with Gasteiger partial charge in [0.05, 0.1) is 5.41 Å². The van der Waals surface area contributed by atoms with Crippen molar-refractivity contribution in [2.45, 2.75) is 19.3 Å². The average Bonchev–Trinajstić information content (AvgIpc) is 3.03. The Morgan fingerprint density at radius 3 is 2.75 bits per heavy atom. The molecule has 0 bridgehead atoms. The van der Waals surface area contributed by atoms with Crippen LogP contribution in [0, 0.1) is 5.41 Å². The van der Waals surface area contributed by atoms with Gasteiger partial charge in [-0.3, -0.25) is 4.79 Å². The summed E-state index contributed by atoms with van der Waals surface area (Å²) in [5, 5.41) is 4.19. The van der Waals surface area contributed by atoms with Gasteiger partial charge in [0.1, 0.15) is 11.5 Å². The van der Waals surface area contributed by atoms with Crippen LogP contribution < -0.4 is 0 Å². The highest BCUT2D eigenvalue weighted by atomic mass is 16.5. The van der Waals surface area contributed by atoms with E-state index in [-0.39, 0.29) is 5.91 Å². The SMILES string of the molecule is CN1CCC[C@@](Cc2cc(-c3ccccc3)no2)(C(=O)N(C)C)C1. The van der Waals surface area contributed by atoms with Crippen molar-refractivity contribution in [1.29, 1.82) is 0 Å². The minimum absolute atomic E-state index is 0.173. The number of aromatic nitrogens is 1. The fourth-order valence-corrected chi connectivity index (χ4v) is 3.71. The maximum absolute atomic E-state index is 12.9. The number of benzene rings is 1. The first kappa shape index (κ1) is 16.7. The monoisotopic (exact) mass is 327 g/mol. The Bertz CT molecular complexity index is 696. The Labute approximate surface area is 143 Å². The van der Waals surface area contributed by atoms with E-state index in [9.17, 15) is 4.79 Å². The molecule has 1 amide bonds. The summed E-state index contributed by atoms with van der Waals surface area (Å²) in [7, 11) is 5.73. The van der Waals surface area contributed by atoms with Crippen LogP contribution in [0.3, 0.4) is 0 Å². The molecule has 0 N–H and O–H groups in total. The van der Waals surface area contributed by atoms with E-state index < -0.39 is 5.41 Å². The second-order valence-electron chi connectivity index (χ2n) is 7.04. The van der Waals surface area contributed by atoms with Gasteiger partial charge in [0, 0.05) is 38.7 Å². The molecule has 2 heterocycles. The quantitative estimate of drug-likeness (QED) is 0.866. The number of hydrogen-bond donors (Lipinski definition) is 0. The van der Waals surface area contributed by atoms with Crippen molar-refractivity contribution in [3.63, 3.8) is 0 Å². The largest absolute Gasteiger partial charge is 0.361 e. The lowest BCUT2D eigenvalue weighted by molar-refractivity contribution is -0.143. The van der Waals surface area contributed by atoms with E-state index in [4.69, 9.17) is 4.52 Å². The van der Waals surface area contributed by atoms with Crippen LogP contribution in [0.15, 0.2) is 40.9 Å². The number of rotatable bonds is 4. The van der Waals surface area contributed by atoms with Crippen LogP contribution in [0.2, 0.25) is 0 Å². The first-order valence-electron chi connectivity index (χ1n) is 8.41. The van der Waals surface area contributed by atoms with Gasteiger partial charge in [0.15, 0.2) is 0 Å². The number of amides is 1. The van der Waals surface area contributed by atoms with Crippen molar-refractivity contribution in [3.05, 3.63) is 42.2 Å². The van der Waals surface area contributed by atoms with Crippen LogP contribution >= 0.6 is 0 Å². The van der Waals surface area contributed by atoms with Crippen molar-refractivity contribution < 1.29 is 9.32 Å². The third kappa shape index (κ3) is 3.36. The molecule has 0 radical (unpaired) electrons. The van der Waals surface area contributed by atoms with Crippen LogP contribution in [-0.4, -0.2) is 55.1 Å². The maximum atomic E-state index is 12.9. The number of likely N-dealkylation sites (tertiary alicyclic amines) is 1. The third-order valence-corrected chi connectivity index (χ3v) is 4.77. The van der Waals surface area contributed by atoms with Crippen molar-refractivity contribution in [3.8, 4) is 11.3 Å². The summed E-state index contributed by atoms with van der Waals surface area (Å²) in [6.45, 7) is 1.79. The molecule has 5 heteroatoms. The highest BCUT2D eigenvalue weighted by Crippen LogP contribution is 2.35. The number of carbonyl (C=O) groups is 1. The molecule has 1 fully saturated rings. The van der Waals surface area contributed by atoms with Crippen LogP contribution in [0.5, 0.6) is 0 Å². The fraction of sp³-hybridized carbons (Fsp3) is 0.474. The molecule has 0 aliphatic carbocycles. The summed E-state index contributed by atoms with van der Waals surface area (Å²) < 4.78 is 5.57. The van der Waals surface area contributed by atoms with Crippen LogP contribution in [0.1, 0.15) is 18.6 Å². The summed E-state index contributed by atoms with van der Waals surface area (Å²) in [6.07, 6.45) is 2.50. The molecule has 1 aliphatic rings. The van der Waals surface area contributed by atoms with Gasteiger partial charge in [-0.1, -0.05) is 35.5 Å². The Morgan fingerprint density at radius 2 is 2.08 bits per heavy atom. The Hall–Kier alpha value is -2.14. The second-order valence-corrected chi connectivity index (χ2v) is 7.04. The van der Waals surface area contributed by atoms with Crippen LogP contribution in [0.25, 0.3) is 11.3 Å². The Kier molecular flexibility index (Phi) is 4.71. The molecule has 2 aromatic rings. The van der Waals surface area contributed by atoms with Crippen molar-refractivity contribution in [1.82, 2.24) is 15.0 Å². The minimum atomic E-state index is -0.427. The Balaban J connectivity index is 1.86. The van der Waals surface area contributed by atoms with E-state index in [1.165, 1.54) is 0 Å². The lowest BCUT2D eigenvalue weighted by atomic mass is 9.75. The average molecular weight is 327 g/mol. The molecule has 1 atom stereocenters. The molecule has 1 aromatic carbocycles. The van der Waals surface area contributed by atoms with Crippen molar-refractivity contribution in [2.75, 3.05) is 34.2 Å². The molecular formula is C19H25N3O2. The molecule has 1 aromatic heterocycles. The summed E-state index contributed by atoms with van der Waals surface area (Å²) in [6, 6.07) is 11.9. The van der Waals surface area contributed by atoms with Gasteiger partial charge < -0.3 is 14.3 Å². The predicted molar refractivity (Wildman–Crippen MR) is 93.5 cm³/mol. The van der Waals surface area contributed by atoms with Gasteiger partial charge in [-0.15, -0.1) is 0 Å². The predicted octanol–water partition coefficient (Wildman–Crippen LogP) is 2.68. The normalized spacial score (nSPS) is 21.6. The number of nitrogens with zero attached hydrogens (tertiary/aromatic N) is 3. The number of piperidine rings is 1. The number of hydrogen-bond acceptors (Lipinski definition) is 4. The summed E-state index contributed by atoms with van der Waals surface area (Å²) in [5.41, 5.74) is 1.42. The van der Waals surface area contributed by atoms with E-state index in [1.807, 2.05) is 50.5 Å². The maximum Gasteiger partial charge on any atom is 0.230 e. The first-order chi connectivity index (χ1) is 11.5. The molecule has 3 rings (SSSR count). The molecule has 128 valence electrons. The first-order valence-corrected chi connectivity index (χ1v) is 8.41. The molecule has 24 heavy (non-hydrogen) atoms. The second kappa shape index (κ2) is 6.77. The third-order valence-electron chi connectivity index (χ3n) is 4.77. The van der Waals surface area contributed by atoms with Crippen molar-refractivity contribution in [2.24, 2.45) is 5.41 Å². The molecule has 0 spiro atoms.